The van der Waals surface area contributed by atoms with Gasteiger partial charge < -0.3 is 19.9 Å². The predicted octanol–water partition coefficient (Wildman–Crippen LogP) is 3.69. The van der Waals surface area contributed by atoms with Gasteiger partial charge in [0.25, 0.3) is 0 Å². The molecule has 1 saturated carbocycles. The lowest BCUT2D eigenvalue weighted by molar-refractivity contribution is -0.117. The number of aromatic nitrogens is 3. The van der Waals surface area contributed by atoms with E-state index < -0.39 is 6.09 Å². The van der Waals surface area contributed by atoms with E-state index in [1.165, 1.54) is 4.90 Å². The second-order valence-corrected chi connectivity index (χ2v) is 9.71. The first-order valence-electron chi connectivity index (χ1n) is 11.7. The molecule has 2 aliphatic heterocycles. The standard InChI is InChI=1S/C24H24ClN5O5/c25-21-9-19(14-3-4-29-15(5-14)8-22(28-29)27-23(31)13-1-2-13)20(10-26-21)35-18-6-16-11-34-12-17(7-18)30(16)24(32)33/h3-5,8-10,13,16-18H,1-2,6-7,11-12H2,(H,32,33)(H,27,28,31)/t16-,17+,18+. The molecule has 2 bridgehead atoms. The maximum Gasteiger partial charge on any atom is 0.407 e. The van der Waals surface area contributed by atoms with Gasteiger partial charge in [-0.25, -0.2) is 14.3 Å². The number of carbonyl (C=O) groups is 2. The highest BCUT2D eigenvalue weighted by Gasteiger charge is 2.42. The number of ether oxygens (including phenoxy) is 2. The number of rotatable bonds is 5. The molecule has 5 heterocycles. The molecule has 11 heteroatoms. The zero-order chi connectivity index (χ0) is 24.1. The smallest absolute Gasteiger partial charge is 0.407 e. The van der Waals surface area contributed by atoms with Crippen molar-refractivity contribution in [2.75, 3.05) is 18.5 Å². The molecule has 1 aliphatic carbocycles. The summed E-state index contributed by atoms with van der Waals surface area (Å²) in [6.45, 7) is 0.734. The number of morpholine rings is 1. The fraction of sp³-hybridized carbons (Fsp3) is 0.417. The summed E-state index contributed by atoms with van der Waals surface area (Å²) in [5.41, 5.74) is 2.46. The molecule has 3 fully saturated rings. The quantitative estimate of drug-likeness (QED) is 0.516. The van der Waals surface area contributed by atoms with Gasteiger partial charge in [0.05, 0.1) is 37.0 Å². The Kier molecular flexibility index (Phi) is 5.49. The molecule has 0 unspecified atom stereocenters. The first kappa shape index (κ1) is 22.1. The van der Waals surface area contributed by atoms with E-state index in [0.29, 0.717) is 42.8 Å². The molecule has 2 N–H and O–H groups in total. The summed E-state index contributed by atoms with van der Waals surface area (Å²) in [6.07, 6.45) is 5.27. The van der Waals surface area contributed by atoms with Crippen LogP contribution in [0, 0.1) is 5.92 Å². The molecule has 2 saturated heterocycles. The summed E-state index contributed by atoms with van der Waals surface area (Å²) in [4.78, 5) is 29.5. The van der Waals surface area contributed by atoms with Gasteiger partial charge in [-0.3, -0.25) is 9.69 Å². The van der Waals surface area contributed by atoms with Gasteiger partial charge in [0.15, 0.2) is 5.82 Å². The zero-order valence-electron chi connectivity index (χ0n) is 18.8. The molecule has 35 heavy (non-hydrogen) atoms. The van der Waals surface area contributed by atoms with Gasteiger partial charge in [0, 0.05) is 36.6 Å². The fourth-order valence-electron chi connectivity index (χ4n) is 4.99. The maximum atomic E-state index is 12.1. The van der Waals surface area contributed by atoms with Crippen molar-refractivity contribution in [2.24, 2.45) is 5.92 Å². The van der Waals surface area contributed by atoms with E-state index in [-0.39, 0.29) is 30.0 Å². The highest BCUT2D eigenvalue weighted by molar-refractivity contribution is 6.29. The van der Waals surface area contributed by atoms with Gasteiger partial charge in [-0.05, 0) is 36.6 Å². The molecule has 0 radical (unpaired) electrons. The highest BCUT2D eigenvalue weighted by Crippen LogP contribution is 2.36. The number of nitrogens with zero attached hydrogens (tertiary/aromatic N) is 4. The van der Waals surface area contributed by atoms with E-state index in [9.17, 15) is 14.7 Å². The van der Waals surface area contributed by atoms with Crippen LogP contribution in [0.15, 0.2) is 36.7 Å². The maximum absolute atomic E-state index is 12.1. The summed E-state index contributed by atoms with van der Waals surface area (Å²) in [7, 11) is 0. The SMILES string of the molecule is O=C(Nc1cc2cc(-c3cc(Cl)ncc3O[C@@H]3C[C@H]4COC[C@@H](C3)N4C(=O)O)ccn2n1)C1CC1. The molecule has 10 nitrogen and oxygen atoms in total. The van der Waals surface area contributed by atoms with Crippen molar-refractivity contribution in [1.82, 2.24) is 19.5 Å². The average Bonchev–Trinajstić information content (AvgIpc) is 3.59. The van der Waals surface area contributed by atoms with Crippen molar-refractivity contribution < 1.29 is 24.2 Å². The summed E-state index contributed by atoms with van der Waals surface area (Å²) in [5.74, 6) is 1.20. The van der Waals surface area contributed by atoms with Crippen LogP contribution in [-0.2, 0) is 9.53 Å². The fourth-order valence-corrected chi connectivity index (χ4v) is 5.14. The number of hydrogen-bond acceptors (Lipinski definition) is 6. The lowest BCUT2D eigenvalue weighted by atomic mass is 9.92. The molecule has 3 aromatic rings. The molecule has 6 rings (SSSR count). The van der Waals surface area contributed by atoms with E-state index in [4.69, 9.17) is 21.1 Å². The van der Waals surface area contributed by atoms with Crippen LogP contribution in [0.2, 0.25) is 5.15 Å². The number of pyridine rings is 2. The van der Waals surface area contributed by atoms with Gasteiger partial charge in [-0.2, -0.15) is 5.10 Å². The number of piperidine rings is 1. The molecule has 182 valence electrons. The van der Waals surface area contributed by atoms with Gasteiger partial charge in [-0.15, -0.1) is 0 Å². The van der Waals surface area contributed by atoms with Crippen LogP contribution < -0.4 is 10.1 Å². The molecular formula is C24H24ClN5O5. The Morgan fingerprint density at radius 3 is 2.66 bits per heavy atom. The van der Waals surface area contributed by atoms with Gasteiger partial charge in [-0.1, -0.05) is 11.6 Å². The Morgan fingerprint density at radius 2 is 1.94 bits per heavy atom. The number of carbonyl (C=O) groups excluding carboxylic acids is 1. The molecule has 0 aromatic carbocycles. The molecule has 3 atom stereocenters. The third-order valence-corrected chi connectivity index (χ3v) is 7.01. The van der Waals surface area contributed by atoms with Crippen molar-refractivity contribution in [3.63, 3.8) is 0 Å². The number of carboxylic acid groups (broad SMARTS) is 1. The molecule has 3 aromatic heterocycles. The van der Waals surface area contributed by atoms with E-state index in [1.807, 2.05) is 24.4 Å². The third kappa shape index (κ3) is 4.39. The largest absolute Gasteiger partial charge is 0.488 e. The molecule has 2 amide bonds. The molecular weight excluding hydrogens is 474 g/mol. The van der Waals surface area contributed by atoms with Gasteiger partial charge in [0.1, 0.15) is 17.0 Å². The van der Waals surface area contributed by atoms with E-state index in [2.05, 4.69) is 15.4 Å². The van der Waals surface area contributed by atoms with Crippen molar-refractivity contribution >= 4 is 34.9 Å². The first-order valence-corrected chi connectivity index (χ1v) is 12.0. The van der Waals surface area contributed by atoms with Gasteiger partial charge >= 0.3 is 6.09 Å². The Balaban J connectivity index is 1.26. The summed E-state index contributed by atoms with van der Waals surface area (Å²) in [5, 5.41) is 17.2. The Labute approximate surface area is 205 Å². The lowest BCUT2D eigenvalue weighted by Gasteiger charge is -2.46. The second kappa shape index (κ2) is 8.69. The van der Waals surface area contributed by atoms with Crippen LogP contribution in [0.4, 0.5) is 10.6 Å². The van der Waals surface area contributed by atoms with Crippen molar-refractivity contribution in [1.29, 1.82) is 0 Å². The molecule has 3 aliphatic rings. The van der Waals surface area contributed by atoms with Crippen molar-refractivity contribution in [3.8, 4) is 16.9 Å². The van der Waals surface area contributed by atoms with Gasteiger partial charge in [0.2, 0.25) is 5.91 Å². The third-order valence-electron chi connectivity index (χ3n) is 6.80. The zero-order valence-corrected chi connectivity index (χ0v) is 19.5. The topological polar surface area (TPSA) is 118 Å². The lowest BCUT2D eigenvalue weighted by Crippen LogP contribution is -2.60. The van der Waals surface area contributed by atoms with E-state index in [0.717, 1.165) is 29.5 Å². The van der Waals surface area contributed by atoms with E-state index >= 15 is 0 Å². The monoisotopic (exact) mass is 497 g/mol. The van der Waals surface area contributed by atoms with Crippen LogP contribution in [-0.4, -0.2) is 68.0 Å². The van der Waals surface area contributed by atoms with Crippen LogP contribution in [0.5, 0.6) is 5.75 Å². The first-order chi connectivity index (χ1) is 16.9. The predicted molar refractivity (Wildman–Crippen MR) is 127 cm³/mol. The summed E-state index contributed by atoms with van der Waals surface area (Å²) >= 11 is 6.24. The van der Waals surface area contributed by atoms with Crippen molar-refractivity contribution in [3.05, 3.63) is 41.8 Å². The number of hydrogen-bond donors (Lipinski definition) is 2. The van der Waals surface area contributed by atoms with E-state index in [1.54, 1.807) is 16.8 Å². The minimum atomic E-state index is -0.919. The highest BCUT2D eigenvalue weighted by atomic mass is 35.5. The van der Waals surface area contributed by atoms with Crippen LogP contribution in [0.3, 0.4) is 0 Å². The number of fused-ring (bicyclic) bond motifs is 3. The second-order valence-electron chi connectivity index (χ2n) is 9.33. The Bertz CT molecular complexity index is 1290. The van der Waals surface area contributed by atoms with Crippen LogP contribution in [0.25, 0.3) is 16.6 Å². The number of halogens is 1. The molecule has 0 spiro atoms. The van der Waals surface area contributed by atoms with Crippen molar-refractivity contribution in [2.45, 2.75) is 43.9 Å². The minimum Gasteiger partial charge on any atom is -0.488 e. The number of anilines is 1. The van der Waals surface area contributed by atoms with Crippen LogP contribution >= 0.6 is 11.6 Å². The van der Waals surface area contributed by atoms with Crippen LogP contribution in [0.1, 0.15) is 25.7 Å². The summed E-state index contributed by atoms with van der Waals surface area (Å²) in [6, 6.07) is 6.97. The number of amides is 2. The Morgan fingerprint density at radius 1 is 1.17 bits per heavy atom. The average molecular weight is 498 g/mol. The minimum absolute atomic E-state index is 0.00865. The normalized spacial score (nSPS) is 23.8. The number of nitrogens with one attached hydrogen (secondary N) is 1. The summed E-state index contributed by atoms with van der Waals surface area (Å²) < 4.78 is 13.7. The Hall–Kier alpha value is -3.37.